The molecular weight excluding hydrogens is 280 g/mol. The lowest BCUT2D eigenvalue weighted by molar-refractivity contribution is -0.133. The first-order chi connectivity index (χ1) is 10.4. The van der Waals surface area contributed by atoms with Crippen molar-refractivity contribution in [1.29, 1.82) is 0 Å². The Morgan fingerprint density at radius 2 is 2.23 bits per heavy atom. The van der Waals surface area contributed by atoms with Crippen LogP contribution in [-0.4, -0.2) is 35.1 Å². The number of carboxylic acid groups (broad SMARTS) is 1. The van der Waals surface area contributed by atoms with E-state index in [0.717, 1.165) is 11.3 Å². The van der Waals surface area contributed by atoms with Crippen LogP contribution < -0.4 is 5.56 Å². The Balaban J connectivity index is 2.29. The van der Waals surface area contributed by atoms with Crippen molar-refractivity contribution in [1.82, 2.24) is 9.88 Å². The molecule has 1 aromatic rings. The maximum atomic E-state index is 11.7. The Hall–Kier alpha value is -2.14. The molecule has 0 fully saturated rings. The number of aromatic amines is 1. The van der Waals surface area contributed by atoms with Gasteiger partial charge in [0.15, 0.2) is 0 Å². The highest BCUT2D eigenvalue weighted by atomic mass is 16.4. The van der Waals surface area contributed by atoms with Gasteiger partial charge in [-0.3, -0.25) is 9.69 Å². The number of hydrogen-bond donors (Lipinski definition) is 2. The minimum atomic E-state index is -0.869. The number of aliphatic carboxylic acids is 1. The summed E-state index contributed by atoms with van der Waals surface area (Å²) in [5.41, 5.74) is 1.75. The van der Waals surface area contributed by atoms with Crippen molar-refractivity contribution in [3.05, 3.63) is 58.0 Å². The Bertz CT molecular complexity index is 732. The largest absolute Gasteiger partial charge is 0.478 e. The summed E-state index contributed by atoms with van der Waals surface area (Å²) in [7, 11) is 3.91. The summed E-state index contributed by atoms with van der Waals surface area (Å²) in [5, 5.41) is 9.47. The van der Waals surface area contributed by atoms with Crippen molar-refractivity contribution in [2.75, 3.05) is 14.1 Å². The van der Waals surface area contributed by atoms with E-state index >= 15 is 0 Å². The number of carboxylic acids is 1. The van der Waals surface area contributed by atoms with E-state index in [1.54, 1.807) is 0 Å². The van der Waals surface area contributed by atoms with Crippen LogP contribution in [0.5, 0.6) is 0 Å². The lowest BCUT2D eigenvalue weighted by Crippen LogP contribution is -2.55. The lowest BCUT2D eigenvalue weighted by Gasteiger charge is -2.53. The number of hydrogen-bond acceptors (Lipinski definition) is 3. The summed E-state index contributed by atoms with van der Waals surface area (Å²) in [6.07, 6.45) is 4.80. The Kier molecular flexibility index (Phi) is 3.33. The summed E-state index contributed by atoms with van der Waals surface area (Å²) in [6.45, 7) is 3.98. The van der Waals surface area contributed by atoms with Gasteiger partial charge >= 0.3 is 5.97 Å². The number of rotatable bonds is 3. The van der Waals surface area contributed by atoms with E-state index in [0.29, 0.717) is 18.4 Å². The Labute approximate surface area is 129 Å². The van der Waals surface area contributed by atoms with Crippen LogP contribution in [0, 0.1) is 11.8 Å². The molecule has 5 heteroatoms. The van der Waals surface area contributed by atoms with Crippen molar-refractivity contribution < 1.29 is 9.90 Å². The average Bonchev–Trinajstić information content (AvgIpc) is 2.45. The fraction of sp³-hybridized carbons (Fsp3) is 0.412. The van der Waals surface area contributed by atoms with Crippen LogP contribution in [0.3, 0.4) is 0 Å². The summed E-state index contributed by atoms with van der Waals surface area (Å²) in [4.78, 5) is 28.2. The molecule has 116 valence electrons. The van der Waals surface area contributed by atoms with Crippen molar-refractivity contribution in [3.8, 4) is 0 Å². The molecule has 3 rings (SSSR count). The van der Waals surface area contributed by atoms with Crippen molar-refractivity contribution in [2.45, 2.75) is 18.4 Å². The zero-order chi connectivity index (χ0) is 16.1. The molecule has 2 N–H and O–H groups in total. The standard InChI is InChI=1S/C17H20N2O3/c1-4-12-10-7-11(16(21)22)9-17(12,19(2)3)13-5-6-15(20)18-14(13)8-10/h4-7,10,12H,1,8-9H2,2-3H3,(H,18,20)(H,21,22)/t10-,12+,17+/m0/s1. The molecule has 0 saturated carbocycles. The van der Waals surface area contributed by atoms with Gasteiger partial charge in [-0.15, -0.1) is 6.58 Å². The predicted molar refractivity (Wildman–Crippen MR) is 83.6 cm³/mol. The fourth-order valence-corrected chi connectivity index (χ4v) is 4.18. The van der Waals surface area contributed by atoms with Gasteiger partial charge < -0.3 is 10.1 Å². The van der Waals surface area contributed by atoms with Crippen LogP contribution in [0.15, 0.2) is 41.2 Å². The number of nitrogens with zero attached hydrogens (tertiary/aromatic N) is 1. The second kappa shape index (κ2) is 4.95. The summed E-state index contributed by atoms with van der Waals surface area (Å²) in [6, 6.07) is 3.36. The van der Waals surface area contributed by atoms with E-state index in [2.05, 4.69) is 16.5 Å². The van der Waals surface area contributed by atoms with Gasteiger partial charge in [0.2, 0.25) is 5.56 Å². The first-order valence-electron chi connectivity index (χ1n) is 7.37. The highest BCUT2D eigenvalue weighted by molar-refractivity contribution is 5.87. The van der Waals surface area contributed by atoms with Crippen molar-refractivity contribution in [3.63, 3.8) is 0 Å². The van der Waals surface area contributed by atoms with Gasteiger partial charge in [0.1, 0.15) is 0 Å². The molecule has 0 amide bonds. The second-order valence-electron chi connectivity index (χ2n) is 6.34. The smallest absolute Gasteiger partial charge is 0.331 e. The zero-order valence-corrected chi connectivity index (χ0v) is 12.8. The predicted octanol–water partition coefficient (Wildman–Crippen LogP) is 1.52. The van der Waals surface area contributed by atoms with Crippen LogP contribution in [0.4, 0.5) is 0 Å². The number of H-pyrrole nitrogens is 1. The number of nitrogens with one attached hydrogen (secondary N) is 1. The highest BCUT2D eigenvalue weighted by Gasteiger charge is 2.52. The third-order valence-electron chi connectivity index (χ3n) is 5.12. The van der Waals surface area contributed by atoms with Gasteiger partial charge in [-0.25, -0.2) is 4.79 Å². The Morgan fingerprint density at radius 1 is 1.50 bits per heavy atom. The van der Waals surface area contributed by atoms with E-state index in [1.807, 2.05) is 32.3 Å². The molecule has 2 aliphatic rings. The van der Waals surface area contributed by atoms with Crippen molar-refractivity contribution >= 4 is 5.97 Å². The molecule has 0 aromatic carbocycles. The SMILES string of the molecule is C=C[C@@H]1[C@H]2C=C(C(=O)O)C[C@]1(N(C)C)c1ccc(=O)[nH]c1C2. The maximum Gasteiger partial charge on any atom is 0.331 e. The molecule has 0 radical (unpaired) electrons. The third kappa shape index (κ3) is 1.89. The monoisotopic (exact) mass is 300 g/mol. The molecule has 0 aliphatic heterocycles. The number of carbonyl (C=O) groups is 1. The second-order valence-corrected chi connectivity index (χ2v) is 6.34. The maximum absolute atomic E-state index is 11.7. The van der Waals surface area contributed by atoms with Crippen LogP contribution in [0.1, 0.15) is 17.7 Å². The molecule has 2 bridgehead atoms. The summed E-state index contributed by atoms with van der Waals surface area (Å²) in [5.74, 6) is -0.721. The first kappa shape index (κ1) is 14.8. The van der Waals surface area contributed by atoms with Crippen LogP contribution in [-0.2, 0) is 16.8 Å². The zero-order valence-electron chi connectivity index (χ0n) is 12.8. The molecule has 0 unspecified atom stereocenters. The van der Waals surface area contributed by atoms with Gasteiger partial charge in [0, 0.05) is 29.7 Å². The van der Waals surface area contributed by atoms with E-state index in [-0.39, 0.29) is 17.4 Å². The third-order valence-corrected chi connectivity index (χ3v) is 5.12. The molecule has 2 aliphatic carbocycles. The van der Waals surface area contributed by atoms with Gasteiger partial charge in [0.25, 0.3) is 0 Å². The molecule has 3 atom stereocenters. The number of pyridine rings is 1. The molecule has 0 spiro atoms. The highest BCUT2D eigenvalue weighted by Crippen LogP contribution is 2.52. The average molecular weight is 300 g/mol. The molecule has 1 aromatic heterocycles. The van der Waals surface area contributed by atoms with E-state index in [4.69, 9.17) is 0 Å². The van der Waals surface area contributed by atoms with E-state index in [1.165, 1.54) is 6.07 Å². The van der Waals surface area contributed by atoms with Crippen molar-refractivity contribution in [2.24, 2.45) is 11.8 Å². The lowest BCUT2D eigenvalue weighted by atomic mass is 9.59. The quantitative estimate of drug-likeness (QED) is 0.830. The van der Waals surface area contributed by atoms with E-state index < -0.39 is 11.5 Å². The molecule has 0 saturated heterocycles. The van der Waals surface area contributed by atoms with Gasteiger partial charge in [0.05, 0.1) is 5.54 Å². The molecular formula is C17H20N2O3. The first-order valence-corrected chi connectivity index (χ1v) is 7.37. The van der Waals surface area contributed by atoms with Gasteiger partial charge in [-0.2, -0.15) is 0 Å². The summed E-state index contributed by atoms with van der Waals surface area (Å²) < 4.78 is 0. The topological polar surface area (TPSA) is 73.4 Å². The molecule has 5 nitrogen and oxygen atoms in total. The van der Waals surface area contributed by atoms with Crippen LogP contribution in [0.25, 0.3) is 0 Å². The number of allylic oxidation sites excluding steroid dienone is 1. The number of aromatic nitrogens is 1. The van der Waals surface area contributed by atoms with Gasteiger partial charge in [-0.1, -0.05) is 12.2 Å². The minimum Gasteiger partial charge on any atom is -0.478 e. The van der Waals surface area contributed by atoms with E-state index in [9.17, 15) is 14.7 Å². The summed E-state index contributed by atoms with van der Waals surface area (Å²) >= 11 is 0. The van der Waals surface area contributed by atoms with Crippen LogP contribution >= 0.6 is 0 Å². The molecule has 22 heavy (non-hydrogen) atoms. The normalized spacial score (nSPS) is 29.7. The molecule has 1 heterocycles. The van der Waals surface area contributed by atoms with Gasteiger partial charge in [-0.05, 0) is 38.1 Å². The minimum absolute atomic E-state index is 0.0327. The number of fused-ring (bicyclic) bond motifs is 4. The van der Waals surface area contributed by atoms with Crippen LogP contribution in [0.2, 0.25) is 0 Å². The fourth-order valence-electron chi connectivity index (χ4n) is 4.18. The Morgan fingerprint density at radius 3 is 2.82 bits per heavy atom.